The van der Waals surface area contributed by atoms with Crippen LogP contribution in [-0.2, 0) is 4.74 Å². The van der Waals surface area contributed by atoms with Gasteiger partial charge in [-0.1, -0.05) is 6.92 Å². The van der Waals surface area contributed by atoms with Crippen molar-refractivity contribution in [2.75, 3.05) is 6.54 Å². The maximum absolute atomic E-state index is 11.5. The highest BCUT2D eigenvalue weighted by Gasteiger charge is 2.17. The third-order valence-electron chi connectivity index (χ3n) is 1.66. The summed E-state index contributed by atoms with van der Waals surface area (Å²) in [4.78, 5) is 13.2. The molecule has 13 heavy (non-hydrogen) atoms. The molecular formula is C10H21NO2. The Hall–Kier alpha value is -0.730. The van der Waals surface area contributed by atoms with Crippen LogP contribution in [0.15, 0.2) is 0 Å². The van der Waals surface area contributed by atoms with Gasteiger partial charge in [0.25, 0.3) is 0 Å². The quantitative estimate of drug-likeness (QED) is 0.677. The summed E-state index contributed by atoms with van der Waals surface area (Å²) in [5.74, 6) is 0. The summed E-state index contributed by atoms with van der Waals surface area (Å²) >= 11 is 0. The fraction of sp³-hybridized carbons (Fsp3) is 0.900. The molecule has 0 aromatic heterocycles. The zero-order valence-electron chi connectivity index (χ0n) is 9.33. The molecule has 3 nitrogen and oxygen atoms in total. The second kappa shape index (κ2) is 5.84. The molecule has 0 aromatic carbocycles. The van der Waals surface area contributed by atoms with Crippen LogP contribution in [0.25, 0.3) is 0 Å². The number of hydrogen-bond acceptors (Lipinski definition) is 2. The molecule has 0 rings (SSSR count). The summed E-state index contributed by atoms with van der Waals surface area (Å²) in [6.07, 6.45) is 0.725. The van der Waals surface area contributed by atoms with Crippen molar-refractivity contribution in [1.82, 2.24) is 4.90 Å². The Morgan fingerprint density at radius 3 is 2.15 bits per heavy atom. The molecule has 0 atom stereocenters. The third kappa shape index (κ3) is 4.76. The van der Waals surface area contributed by atoms with Crippen LogP contribution >= 0.6 is 0 Å². The number of amides is 1. The Morgan fingerprint density at radius 2 is 1.85 bits per heavy atom. The summed E-state index contributed by atoms with van der Waals surface area (Å²) < 4.78 is 5.11. The second-order valence-corrected chi connectivity index (χ2v) is 3.72. The molecule has 0 bridgehead atoms. The lowest BCUT2D eigenvalue weighted by Crippen LogP contribution is -2.38. The van der Waals surface area contributed by atoms with Gasteiger partial charge < -0.3 is 9.64 Å². The zero-order valence-corrected chi connectivity index (χ0v) is 9.33. The van der Waals surface area contributed by atoms with Crippen molar-refractivity contribution in [2.24, 2.45) is 0 Å². The summed E-state index contributed by atoms with van der Waals surface area (Å²) in [6.45, 7) is 10.5. The van der Waals surface area contributed by atoms with Crippen LogP contribution in [-0.4, -0.2) is 29.7 Å². The van der Waals surface area contributed by atoms with Gasteiger partial charge in [-0.05, 0) is 34.1 Å². The fourth-order valence-corrected chi connectivity index (χ4v) is 1.07. The monoisotopic (exact) mass is 187 g/mol. The lowest BCUT2D eigenvalue weighted by molar-refractivity contribution is 0.0679. The van der Waals surface area contributed by atoms with Crippen molar-refractivity contribution in [1.29, 1.82) is 0 Å². The highest BCUT2D eigenvalue weighted by atomic mass is 16.6. The normalized spacial score (nSPS) is 10.7. The third-order valence-corrected chi connectivity index (χ3v) is 1.66. The maximum Gasteiger partial charge on any atom is 0.410 e. The Morgan fingerprint density at radius 1 is 1.31 bits per heavy atom. The molecule has 0 saturated carbocycles. The first-order valence-corrected chi connectivity index (χ1v) is 4.96. The molecule has 0 saturated heterocycles. The van der Waals surface area contributed by atoms with Gasteiger partial charge in [-0.15, -0.1) is 0 Å². The van der Waals surface area contributed by atoms with Gasteiger partial charge in [0.1, 0.15) is 0 Å². The Labute approximate surface area is 81.1 Å². The van der Waals surface area contributed by atoms with E-state index < -0.39 is 0 Å². The molecule has 0 radical (unpaired) electrons. The van der Waals surface area contributed by atoms with Crippen LogP contribution in [0.4, 0.5) is 4.79 Å². The van der Waals surface area contributed by atoms with Crippen molar-refractivity contribution < 1.29 is 9.53 Å². The molecular weight excluding hydrogens is 166 g/mol. The summed E-state index contributed by atoms with van der Waals surface area (Å²) in [5, 5.41) is 0. The minimum atomic E-state index is -0.202. The lowest BCUT2D eigenvalue weighted by Gasteiger charge is -2.26. The predicted octanol–water partition coefficient (Wildman–Crippen LogP) is 2.65. The van der Waals surface area contributed by atoms with E-state index in [1.54, 1.807) is 4.90 Å². The molecule has 0 aliphatic heterocycles. The SMILES string of the molecule is CCCN(C(=O)OC(C)C)C(C)C. The van der Waals surface area contributed by atoms with Crippen molar-refractivity contribution >= 4 is 6.09 Å². The molecule has 0 aliphatic carbocycles. The topological polar surface area (TPSA) is 29.5 Å². The van der Waals surface area contributed by atoms with Crippen LogP contribution < -0.4 is 0 Å². The van der Waals surface area contributed by atoms with E-state index in [2.05, 4.69) is 6.92 Å². The largest absolute Gasteiger partial charge is 0.447 e. The van der Waals surface area contributed by atoms with E-state index in [4.69, 9.17) is 4.74 Å². The van der Waals surface area contributed by atoms with Crippen LogP contribution in [0, 0.1) is 0 Å². The first-order chi connectivity index (χ1) is 5.99. The minimum Gasteiger partial charge on any atom is -0.447 e. The fourth-order valence-electron chi connectivity index (χ4n) is 1.07. The lowest BCUT2D eigenvalue weighted by atomic mass is 10.3. The molecule has 0 aliphatic rings. The standard InChI is InChI=1S/C10H21NO2/c1-6-7-11(8(2)3)10(12)13-9(4)5/h8-9H,6-7H2,1-5H3. The smallest absolute Gasteiger partial charge is 0.410 e. The van der Waals surface area contributed by atoms with E-state index in [0.29, 0.717) is 0 Å². The van der Waals surface area contributed by atoms with E-state index in [9.17, 15) is 4.79 Å². The minimum absolute atomic E-state index is 0.0365. The number of ether oxygens (including phenoxy) is 1. The second-order valence-electron chi connectivity index (χ2n) is 3.72. The van der Waals surface area contributed by atoms with Crippen LogP contribution in [0.2, 0.25) is 0 Å². The van der Waals surface area contributed by atoms with Gasteiger partial charge in [0.15, 0.2) is 0 Å². The average molecular weight is 187 g/mol. The first-order valence-electron chi connectivity index (χ1n) is 4.96. The predicted molar refractivity (Wildman–Crippen MR) is 53.8 cm³/mol. The molecule has 1 amide bonds. The number of carbonyl (C=O) groups is 1. The summed E-state index contributed by atoms with van der Waals surface area (Å²) in [5.41, 5.74) is 0. The number of nitrogens with zero attached hydrogens (tertiary/aromatic N) is 1. The van der Waals surface area contributed by atoms with Crippen LogP contribution in [0.3, 0.4) is 0 Å². The highest BCUT2D eigenvalue weighted by Crippen LogP contribution is 2.04. The molecule has 0 spiro atoms. The van der Waals surface area contributed by atoms with E-state index in [1.165, 1.54) is 0 Å². The maximum atomic E-state index is 11.5. The molecule has 0 fully saturated rings. The van der Waals surface area contributed by atoms with Crippen molar-refractivity contribution in [3.63, 3.8) is 0 Å². The molecule has 0 aromatic rings. The van der Waals surface area contributed by atoms with Gasteiger partial charge in [-0.25, -0.2) is 4.79 Å². The summed E-state index contributed by atoms with van der Waals surface area (Å²) in [7, 11) is 0. The van der Waals surface area contributed by atoms with Gasteiger partial charge in [0, 0.05) is 12.6 Å². The van der Waals surface area contributed by atoms with Crippen molar-refractivity contribution in [3.05, 3.63) is 0 Å². The number of hydrogen-bond donors (Lipinski definition) is 0. The van der Waals surface area contributed by atoms with Gasteiger partial charge in [0.05, 0.1) is 6.10 Å². The van der Waals surface area contributed by atoms with E-state index in [0.717, 1.165) is 13.0 Å². The van der Waals surface area contributed by atoms with E-state index >= 15 is 0 Å². The molecule has 0 N–H and O–H groups in total. The Bertz CT molecular complexity index is 155. The van der Waals surface area contributed by atoms with E-state index in [-0.39, 0.29) is 18.2 Å². The average Bonchev–Trinajstić information content (AvgIpc) is 1.97. The van der Waals surface area contributed by atoms with Crippen LogP contribution in [0.5, 0.6) is 0 Å². The number of carbonyl (C=O) groups excluding carboxylic acids is 1. The van der Waals surface area contributed by atoms with Gasteiger partial charge in [0.2, 0.25) is 0 Å². The zero-order chi connectivity index (χ0) is 10.4. The molecule has 0 unspecified atom stereocenters. The Kier molecular flexibility index (Phi) is 5.51. The molecule has 3 heteroatoms. The van der Waals surface area contributed by atoms with Gasteiger partial charge >= 0.3 is 6.09 Å². The highest BCUT2D eigenvalue weighted by molar-refractivity contribution is 5.68. The van der Waals surface area contributed by atoms with Crippen molar-refractivity contribution in [3.8, 4) is 0 Å². The Balaban J connectivity index is 4.11. The summed E-state index contributed by atoms with van der Waals surface area (Å²) in [6, 6.07) is 0.214. The molecule has 78 valence electrons. The number of rotatable bonds is 4. The van der Waals surface area contributed by atoms with Gasteiger partial charge in [-0.3, -0.25) is 0 Å². The van der Waals surface area contributed by atoms with E-state index in [1.807, 2.05) is 27.7 Å². The van der Waals surface area contributed by atoms with Crippen LogP contribution in [0.1, 0.15) is 41.0 Å². The first kappa shape index (κ1) is 12.3. The molecule has 0 heterocycles. The van der Waals surface area contributed by atoms with Crippen molar-refractivity contribution in [2.45, 2.75) is 53.2 Å². The van der Waals surface area contributed by atoms with Gasteiger partial charge in [-0.2, -0.15) is 0 Å².